The summed E-state index contributed by atoms with van der Waals surface area (Å²) in [7, 11) is -4.02. The molecule has 1 atom stereocenters. The number of rotatable bonds is 8. The zero-order valence-electron chi connectivity index (χ0n) is 14.5. The lowest BCUT2D eigenvalue weighted by atomic mass is 9.83. The summed E-state index contributed by atoms with van der Waals surface area (Å²) in [5, 5.41) is 13.9. The molecule has 0 spiro atoms. The van der Waals surface area contributed by atoms with Crippen molar-refractivity contribution < 1.29 is 27.6 Å². The predicted molar refractivity (Wildman–Crippen MR) is 104 cm³/mol. The van der Waals surface area contributed by atoms with Crippen molar-refractivity contribution >= 4 is 33.1 Å². The van der Waals surface area contributed by atoms with Gasteiger partial charge < -0.3 is 14.6 Å². The van der Waals surface area contributed by atoms with Crippen molar-refractivity contribution in [1.82, 2.24) is 0 Å². The highest BCUT2D eigenvalue weighted by Crippen LogP contribution is 2.40. The number of ether oxygens (including phenoxy) is 2. The van der Waals surface area contributed by atoms with Crippen LogP contribution in [0.2, 0.25) is 5.02 Å². The fraction of sp³-hybridized carbons (Fsp3) is 0.444. The molecular formula is C18H21ClO6S2. The highest BCUT2D eigenvalue weighted by molar-refractivity contribution is 7.85. The minimum Gasteiger partial charge on any atom is -0.380 e. The quantitative estimate of drug-likeness (QED) is 0.487. The topological polar surface area (TPSA) is 93.1 Å². The third kappa shape index (κ3) is 5.29. The molecule has 27 heavy (non-hydrogen) atoms. The molecule has 1 saturated heterocycles. The first-order valence-electron chi connectivity index (χ1n) is 8.54. The van der Waals surface area contributed by atoms with Crippen LogP contribution < -0.4 is 0 Å². The third-order valence-electron chi connectivity index (χ3n) is 4.44. The second-order valence-corrected chi connectivity index (χ2v) is 9.38. The third-order valence-corrected chi connectivity index (χ3v) is 6.44. The largest absolute Gasteiger partial charge is 0.380 e. The normalized spacial score (nSPS) is 17.9. The fourth-order valence-corrected chi connectivity index (χ4v) is 4.81. The molecule has 2 aromatic rings. The van der Waals surface area contributed by atoms with Gasteiger partial charge in [-0.3, -0.25) is 4.55 Å². The van der Waals surface area contributed by atoms with Gasteiger partial charge in [0, 0.05) is 5.02 Å². The van der Waals surface area contributed by atoms with E-state index >= 15 is 0 Å². The molecule has 1 aromatic carbocycles. The van der Waals surface area contributed by atoms with Gasteiger partial charge >= 0.3 is 0 Å². The van der Waals surface area contributed by atoms with Gasteiger partial charge in [0.1, 0.15) is 5.60 Å². The molecule has 3 rings (SSSR count). The van der Waals surface area contributed by atoms with Crippen molar-refractivity contribution in [3.05, 3.63) is 56.7 Å². The van der Waals surface area contributed by atoms with Crippen molar-refractivity contribution in [2.45, 2.75) is 31.2 Å². The van der Waals surface area contributed by atoms with E-state index in [4.69, 9.17) is 25.6 Å². The van der Waals surface area contributed by atoms with E-state index < -0.39 is 22.0 Å². The zero-order valence-corrected chi connectivity index (χ0v) is 16.9. The van der Waals surface area contributed by atoms with E-state index in [0.29, 0.717) is 35.8 Å². The van der Waals surface area contributed by atoms with Crippen LogP contribution in [-0.2, 0) is 25.2 Å². The standard InChI is InChI=1S/C18H21ClO6S2/c19-15-5-3-4-13(10-15)18(20,6-1-2-9-27(21,22)23)14-11-16(26-12-14)17-24-7-8-25-17/h3-5,10-12,17,20H,1-2,6-9H2,(H,21,22,23)/t18-/m1/s1. The van der Waals surface area contributed by atoms with Crippen LogP contribution in [0.1, 0.15) is 41.6 Å². The summed E-state index contributed by atoms with van der Waals surface area (Å²) in [6.45, 7) is 1.07. The molecule has 0 unspecified atom stereocenters. The van der Waals surface area contributed by atoms with E-state index in [1.165, 1.54) is 11.3 Å². The van der Waals surface area contributed by atoms with Gasteiger partial charge in [-0.15, -0.1) is 11.3 Å². The first kappa shape index (κ1) is 20.7. The summed E-state index contributed by atoms with van der Waals surface area (Å²) in [6.07, 6.45) is 0.510. The van der Waals surface area contributed by atoms with Gasteiger partial charge in [-0.25, -0.2) is 0 Å². The van der Waals surface area contributed by atoms with Gasteiger partial charge in [0.05, 0.1) is 23.8 Å². The van der Waals surface area contributed by atoms with Gasteiger partial charge in [-0.05, 0) is 54.0 Å². The maximum absolute atomic E-state index is 11.5. The van der Waals surface area contributed by atoms with E-state index in [9.17, 15) is 13.5 Å². The molecule has 9 heteroatoms. The van der Waals surface area contributed by atoms with Crippen LogP contribution in [0, 0.1) is 0 Å². The Hall–Kier alpha value is -1.00. The summed E-state index contributed by atoms with van der Waals surface area (Å²) in [4.78, 5) is 0.862. The molecule has 1 aliphatic heterocycles. The Bertz CT molecular complexity index is 875. The molecule has 0 amide bonds. The van der Waals surface area contributed by atoms with E-state index in [1.54, 1.807) is 24.3 Å². The molecule has 1 fully saturated rings. The Labute approximate surface area is 167 Å². The maximum Gasteiger partial charge on any atom is 0.264 e. The second-order valence-electron chi connectivity index (χ2n) is 6.43. The van der Waals surface area contributed by atoms with Crippen molar-refractivity contribution in [2.75, 3.05) is 19.0 Å². The Morgan fingerprint density at radius 3 is 2.59 bits per heavy atom. The molecule has 0 aliphatic carbocycles. The summed E-state index contributed by atoms with van der Waals surface area (Å²) < 4.78 is 41.8. The molecule has 0 radical (unpaired) electrons. The number of unbranched alkanes of at least 4 members (excludes halogenated alkanes) is 1. The predicted octanol–water partition coefficient (Wildman–Crippen LogP) is 3.74. The molecule has 1 aliphatic rings. The Kier molecular flexibility index (Phi) is 6.58. The van der Waals surface area contributed by atoms with E-state index in [-0.39, 0.29) is 18.6 Å². The minimum atomic E-state index is -4.02. The van der Waals surface area contributed by atoms with E-state index in [0.717, 1.165) is 4.88 Å². The fourth-order valence-electron chi connectivity index (χ4n) is 3.08. The smallest absolute Gasteiger partial charge is 0.264 e. The number of hydrogen-bond acceptors (Lipinski definition) is 6. The Morgan fingerprint density at radius 2 is 1.93 bits per heavy atom. The van der Waals surface area contributed by atoms with Gasteiger partial charge in [-0.2, -0.15) is 8.42 Å². The second kappa shape index (κ2) is 8.57. The highest BCUT2D eigenvalue weighted by Gasteiger charge is 2.34. The van der Waals surface area contributed by atoms with Crippen molar-refractivity contribution in [3.8, 4) is 0 Å². The summed E-state index contributed by atoms with van der Waals surface area (Å²) in [6, 6.07) is 8.82. The Morgan fingerprint density at radius 1 is 1.19 bits per heavy atom. The van der Waals surface area contributed by atoms with Gasteiger partial charge in [0.25, 0.3) is 10.1 Å². The van der Waals surface area contributed by atoms with Crippen LogP contribution in [0.5, 0.6) is 0 Å². The van der Waals surface area contributed by atoms with Crippen LogP contribution in [0.3, 0.4) is 0 Å². The van der Waals surface area contributed by atoms with Crippen molar-refractivity contribution in [1.29, 1.82) is 0 Å². The lowest BCUT2D eigenvalue weighted by molar-refractivity contribution is -0.0415. The first-order valence-corrected chi connectivity index (χ1v) is 11.4. The number of hydrogen-bond donors (Lipinski definition) is 2. The van der Waals surface area contributed by atoms with Crippen LogP contribution in [0.25, 0.3) is 0 Å². The molecule has 2 N–H and O–H groups in total. The number of thiophene rings is 1. The van der Waals surface area contributed by atoms with E-state index in [2.05, 4.69) is 0 Å². The van der Waals surface area contributed by atoms with Crippen LogP contribution >= 0.6 is 22.9 Å². The zero-order chi connectivity index (χ0) is 19.5. The lowest BCUT2D eigenvalue weighted by Gasteiger charge is -2.28. The van der Waals surface area contributed by atoms with Crippen molar-refractivity contribution in [3.63, 3.8) is 0 Å². The Balaban J connectivity index is 1.85. The number of aliphatic hydroxyl groups is 1. The SMILES string of the molecule is O=S(=O)(O)CCCC[C@@](O)(c1cccc(Cl)c1)c1csc(C2OCCO2)c1. The van der Waals surface area contributed by atoms with Gasteiger partial charge in [0.15, 0.2) is 6.29 Å². The summed E-state index contributed by atoms with van der Waals surface area (Å²) in [5.74, 6) is -0.336. The van der Waals surface area contributed by atoms with Crippen LogP contribution in [-0.4, -0.2) is 37.0 Å². The number of halogens is 1. The van der Waals surface area contributed by atoms with Crippen molar-refractivity contribution in [2.24, 2.45) is 0 Å². The highest BCUT2D eigenvalue weighted by atomic mass is 35.5. The molecule has 1 aromatic heterocycles. The molecule has 6 nitrogen and oxygen atoms in total. The van der Waals surface area contributed by atoms with E-state index in [1.807, 2.05) is 11.4 Å². The molecule has 0 bridgehead atoms. The average molecular weight is 433 g/mol. The maximum atomic E-state index is 11.5. The monoisotopic (exact) mass is 432 g/mol. The summed E-state index contributed by atoms with van der Waals surface area (Å²) in [5.41, 5.74) is -0.0347. The molecule has 148 valence electrons. The number of benzene rings is 1. The summed E-state index contributed by atoms with van der Waals surface area (Å²) >= 11 is 7.54. The van der Waals surface area contributed by atoms with Gasteiger partial charge in [-0.1, -0.05) is 23.7 Å². The average Bonchev–Trinajstić information content (AvgIpc) is 3.28. The lowest BCUT2D eigenvalue weighted by Crippen LogP contribution is -2.27. The van der Waals surface area contributed by atoms with Crippen LogP contribution in [0.4, 0.5) is 0 Å². The molecular weight excluding hydrogens is 412 g/mol. The molecule has 0 saturated carbocycles. The van der Waals surface area contributed by atoms with Gasteiger partial charge in [0.2, 0.25) is 0 Å². The first-order chi connectivity index (χ1) is 12.8. The minimum absolute atomic E-state index is 0.244. The molecule has 2 heterocycles. The van der Waals surface area contributed by atoms with Crippen LogP contribution in [0.15, 0.2) is 35.7 Å².